The summed E-state index contributed by atoms with van der Waals surface area (Å²) < 4.78 is 4.75. The Balaban J connectivity index is 2.70. The number of hydrogen-bond acceptors (Lipinski definition) is 3. The summed E-state index contributed by atoms with van der Waals surface area (Å²) in [6.07, 6.45) is 0. The van der Waals surface area contributed by atoms with Crippen LogP contribution in [0.2, 0.25) is 0 Å². The first-order valence-corrected chi connectivity index (χ1v) is 6.44. The van der Waals surface area contributed by atoms with Crippen molar-refractivity contribution in [3.8, 4) is 16.9 Å². The van der Waals surface area contributed by atoms with E-state index in [9.17, 15) is 9.90 Å². The van der Waals surface area contributed by atoms with Crippen molar-refractivity contribution in [1.82, 2.24) is 0 Å². The van der Waals surface area contributed by atoms with Crippen LogP contribution in [0.15, 0.2) is 30.3 Å². The Morgan fingerprint density at radius 2 is 1.70 bits per heavy atom. The van der Waals surface area contributed by atoms with Gasteiger partial charge >= 0.3 is 5.97 Å². The SMILES string of the molecule is COC(=O)c1c(O)cc(C)c(-c2ccc(C)cc2)c1C. The van der Waals surface area contributed by atoms with E-state index < -0.39 is 5.97 Å². The standard InChI is InChI=1S/C17H18O3/c1-10-5-7-13(8-6-10)15-11(2)9-14(18)16(12(15)3)17(19)20-4/h5-9,18H,1-4H3. The minimum absolute atomic E-state index is 0.0392. The van der Waals surface area contributed by atoms with Crippen molar-refractivity contribution in [2.45, 2.75) is 20.8 Å². The van der Waals surface area contributed by atoms with Crippen molar-refractivity contribution < 1.29 is 14.6 Å². The van der Waals surface area contributed by atoms with E-state index in [-0.39, 0.29) is 11.3 Å². The maximum atomic E-state index is 11.8. The van der Waals surface area contributed by atoms with Crippen molar-refractivity contribution >= 4 is 5.97 Å². The molecule has 0 saturated carbocycles. The second-order valence-corrected chi connectivity index (χ2v) is 4.95. The number of ether oxygens (including phenoxy) is 1. The van der Waals surface area contributed by atoms with Gasteiger partial charge in [-0.15, -0.1) is 0 Å². The van der Waals surface area contributed by atoms with Gasteiger partial charge in [0, 0.05) is 0 Å². The maximum absolute atomic E-state index is 11.8. The minimum atomic E-state index is -0.520. The lowest BCUT2D eigenvalue weighted by atomic mass is 9.91. The smallest absolute Gasteiger partial charge is 0.341 e. The maximum Gasteiger partial charge on any atom is 0.341 e. The fourth-order valence-electron chi connectivity index (χ4n) is 2.49. The second-order valence-electron chi connectivity index (χ2n) is 4.95. The number of carbonyl (C=O) groups excluding carboxylic acids is 1. The first-order valence-electron chi connectivity index (χ1n) is 6.44. The van der Waals surface area contributed by atoms with Crippen LogP contribution in [0.25, 0.3) is 11.1 Å². The van der Waals surface area contributed by atoms with E-state index in [2.05, 4.69) is 0 Å². The quantitative estimate of drug-likeness (QED) is 0.845. The number of rotatable bonds is 2. The Labute approximate surface area is 118 Å². The molecule has 0 amide bonds. The first kappa shape index (κ1) is 14.1. The van der Waals surface area contributed by atoms with Gasteiger partial charge in [0.2, 0.25) is 0 Å². The molecule has 3 nitrogen and oxygen atoms in total. The lowest BCUT2D eigenvalue weighted by molar-refractivity contribution is 0.0596. The number of esters is 1. The van der Waals surface area contributed by atoms with Crippen molar-refractivity contribution in [3.05, 3.63) is 52.6 Å². The molecule has 0 saturated heterocycles. The molecule has 0 unspecified atom stereocenters. The zero-order valence-corrected chi connectivity index (χ0v) is 12.2. The molecule has 20 heavy (non-hydrogen) atoms. The van der Waals surface area contributed by atoms with Crippen LogP contribution in [-0.2, 0) is 4.74 Å². The third-order valence-corrected chi connectivity index (χ3v) is 3.48. The van der Waals surface area contributed by atoms with E-state index in [1.165, 1.54) is 12.7 Å². The van der Waals surface area contributed by atoms with Gasteiger partial charge in [-0.1, -0.05) is 29.8 Å². The van der Waals surface area contributed by atoms with Gasteiger partial charge < -0.3 is 9.84 Å². The molecule has 0 radical (unpaired) electrons. The molecular weight excluding hydrogens is 252 g/mol. The Bertz CT molecular complexity index is 655. The molecule has 0 aliphatic rings. The highest BCUT2D eigenvalue weighted by molar-refractivity contribution is 5.97. The van der Waals surface area contributed by atoms with E-state index in [0.717, 1.165) is 22.3 Å². The van der Waals surface area contributed by atoms with Crippen LogP contribution in [0.3, 0.4) is 0 Å². The fourth-order valence-corrected chi connectivity index (χ4v) is 2.49. The molecule has 0 aliphatic heterocycles. The van der Waals surface area contributed by atoms with Crippen LogP contribution in [0.5, 0.6) is 5.75 Å². The van der Waals surface area contributed by atoms with E-state index in [1.54, 1.807) is 6.07 Å². The van der Waals surface area contributed by atoms with E-state index >= 15 is 0 Å². The average Bonchev–Trinajstić information content (AvgIpc) is 2.40. The minimum Gasteiger partial charge on any atom is -0.507 e. The molecule has 3 heteroatoms. The van der Waals surface area contributed by atoms with Crippen LogP contribution in [0, 0.1) is 20.8 Å². The zero-order valence-electron chi connectivity index (χ0n) is 12.2. The summed E-state index contributed by atoms with van der Waals surface area (Å²) in [5.74, 6) is -0.559. The molecule has 0 atom stereocenters. The Hall–Kier alpha value is -2.29. The van der Waals surface area contributed by atoms with Gasteiger partial charge in [-0.3, -0.25) is 0 Å². The number of phenolic OH excluding ortho intramolecular Hbond substituents is 1. The molecule has 1 N–H and O–H groups in total. The molecule has 0 fully saturated rings. The third-order valence-electron chi connectivity index (χ3n) is 3.48. The van der Waals surface area contributed by atoms with E-state index in [0.29, 0.717) is 0 Å². The van der Waals surface area contributed by atoms with Gasteiger partial charge in [0.1, 0.15) is 11.3 Å². The molecule has 0 spiro atoms. The van der Waals surface area contributed by atoms with Crippen LogP contribution in [0.1, 0.15) is 27.0 Å². The Kier molecular flexibility index (Phi) is 3.79. The van der Waals surface area contributed by atoms with Gasteiger partial charge in [0.15, 0.2) is 0 Å². The van der Waals surface area contributed by atoms with Crippen LogP contribution >= 0.6 is 0 Å². The summed E-state index contributed by atoms with van der Waals surface area (Å²) in [5.41, 5.74) is 5.05. The number of aryl methyl sites for hydroxylation is 2. The molecule has 0 bridgehead atoms. The van der Waals surface area contributed by atoms with Gasteiger partial charge in [-0.05, 0) is 49.1 Å². The van der Waals surface area contributed by atoms with Gasteiger partial charge in [-0.2, -0.15) is 0 Å². The number of hydrogen-bond donors (Lipinski definition) is 1. The first-order chi connectivity index (χ1) is 9.45. The fraction of sp³-hybridized carbons (Fsp3) is 0.235. The topological polar surface area (TPSA) is 46.5 Å². The number of aromatic hydroxyl groups is 1. The Morgan fingerprint density at radius 1 is 1.10 bits per heavy atom. The lowest BCUT2D eigenvalue weighted by Gasteiger charge is -2.15. The van der Waals surface area contributed by atoms with Crippen molar-refractivity contribution in [3.63, 3.8) is 0 Å². The zero-order chi connectivity index (χ0) is 14.9. The van der Waals surface area contributed by atoms with E-state index in [1.807, 2.05) is 45.0 Å². The number of benzene rings is 2. The molecule has 0 aromatic heterocycles. The van der Waals surface area contributed by atoms with Crippen LogP contribution in [0.4, 0.5) is 0 Å². The Morgan fingerprint density at radius 3 is 2.25 bits per heavy atom. The van der Waals surface area contributed by atoms with E-state index in [4.69, 9.17) is 4.74 Å². The van der Waals surface area contributed by atoms with Crippen LogP contribution < -0.4 is 0 Å². The van der Waals surface area contributed by atoms with Gasteiger partial charge in [0.25, 0.3) is 0 Å². The molecule has 2 rings (SSSR count). The number of carbonyl (C=O) groups is 1. The number of phenols is 1. The summed E-state index contributed by atoms with van der Waals surface area (Å²) in [6, 6.07) is 9.69. The molecular formula is C17H18O3. The molecule has 2 aromatic carbocycles. The average molecular weight is 270 g/mol. The largest absolute Gasteiger partial charge is 0.507 e. The monoisotopic (exact) mass is 270 g/mol. The summed E-state index contributed by atoms with van der Waals surface area (Å²) in [7, 11) is 1.31. The summed E-state index contributed by atoms with van der Waals surface area (Å²) in [4.78, 5) is 11.8. The molecule has 0 heterocycles. The highest BCUT2D eigenvalue weighted by Gasteiger charge is 2.20. The molecule has 2 aromatic rings. The predicted molar refractivity (Wildman–Crippen MR) is 79.1 cm³/mol. The third kappa shape index (κ3) is 2.39. The van der Waals surface area contributed by atoms with Crippen molar-refractivity contribution in [1.29, 1.82) is 0 Å². The number of methoxy groups -OCH3 is 1. The summed E-state index contributed by atoms with van der Waals surface area (Å²) in [5, 5.41) is 9.99. The normalized spacial score (nSPS) is 10.4. The summed E-state index contributed by atoms with van der Waals surface area (Å²) in [6.45, 7) is 5.78. The predicted octanol–water partition coefficient (Wildman–Crippen LogP) is 3.77. The summed E-state index contributed by atoms with van der Waals surface area (Å²) >= 11 is 0. The highest BCUT2D eigenvalue weighted by Crippen LogP contribution is 2.35. The molecule has 104 valence electrons. The van der Waals surface area contributed by atoms with Gasteiger partial charge in [-0.25, -0.2) is 4.79 Å². The van der Waals surface area contributed by atoms with Crippen molar-refractivity contribution in [2.75, 3.05) is 7.11 Å². The van der Waals surface area contributed by atoms with Gasteiger partial charge in [0.05, 0.1) is 7.11 Å². The highest BCUT2D eigenvalue weighted by atomic mass is 16.5. The lowest BCUT2D eigenvalue weighted by Crippen LogP contribution is -2.06. The van der Waals surface area contributed by atoms with Crippen molar-refractivity contribution in [2.24, 2.45) is 0 Å². The second kappa shape index (κ2) is 5.37. The molecule has 0 aliphatic carbocycles. The van der Waals surface area contributed by atoms with Crippen LogP contribution in [-0.4, -0.2) is 18.2 Å².